The minimum absolute atomic E-state index is 0.0434. The van der Waals surface area contributed by atoms with Gasteiger partial charge in [0.05, 0.1) is 35.3 Å². The molecule has 4 rings (SSSR count). The van der Waals surface area contributed by atoms with Gasteiger partial charge in [0.15, 0.2) is 0 Å². The van der Waals surface area contributed by atoms with E-state index in [9.17, 15) is 22.7 Å². The molecule has 256 valence electrons. The van der Waals surface area contributed by atoms with Gasteiger partial charge in [0.25, 0.3) is 15.9 Å². The number of benzene rings is 2. The van der Waals surface area contributed by atoms with Gasteiger partial charge in [-0.1, -0.05) is 26.2 Å². The highest BCUT2D eigenvalue weighted by atomic mass is 32.2. The maximum absolute atomic E-state index is 14.3. The second-order valence-corrected chi connectivity index (χ2v) is 15.0. The summed E-state index contributed by atoms with van der Waals surface area (Å²) in [7, 11) is -1.90. The Labute approximate surface area is 274 Å². The Morgan fingerprint density at radius 3 is 2.41 bits per heavy atom. The zero-order chi connectivity index (χ0) is 33.3. The molecule has 0 aromatic heterocycles. The topological polar surface area (TPSA) is 108 Å². The van der Waals surface area contributed by atoms with E-state index in [1.807, 2.05) is 6.92 Å². The number of rotatable bonds is 9. The van der Waals surface area contributed by atoms with Crippen molar-refractivity contribution in [2.24, 2.45) is 11.8 Å². The molecule has 0 unspecified atom stereocenters. The van der Waals surface area contributed by atoms with Crippen molar-refractivity contribution in [1.29, 1.82) is 0 Å². The van der Waals surface area contributed by atoms with Crippen molar-refractivity contribution in [3.05, 3.63) is 53.8 Å². The van der Waals surface area contributed by atoms with Crippen molar-refractivity contribution in [2.75, 3.05) is 44.6 Å². The van der Waals surface area contributed by atoms with E-state index in [-0.39, 0.29) is 46.8 Å². The number of nitrogens with zero attached hydrogens (tertiary/aromatic N) is 2. The number of fused-ring (bicyclic) bond motifs is 1. The smallest absolute Gasteiger partial charge is 0.261 e. The minimum atomic E-state index is -4.05. The third-order valence-electron chi connectivity index (χ3n) is 9.21. The summed E-state index contributed by atoms with van der Waals surface area (Å²) in [5.74, 6) is 0.0933. The molecule has 9 nitrogen and oxygen atoms in total. The number of hydrogen-bond acceptors (Lipinski definition) is 7. The number of anilines is 1. The van der Waals surface area contributed by atoms with Crippen molar-refractivity contribution in [3.8, 4) is 5.75 Å². The maximum Gasteiger partial charge on any atom is 0.261 e. The fourth-order valence-corrected chi connectivity index (χ4v) is 7.52. The number of nitrogens with one attached hydrogen (secondary N) is 1. The molecule has 2 aromatic rings. The minimum Gasteiger partial charge on any atom is -0.490 e. The maximum atomic E-state index is 14.3. The normalized spacial score (nSPS) is 23.3. The summed E-state index contributed by atoms with van der Waals surface area (Å²) in [6.07, 6.45) is 8.68. The molecule has 1 heterocycles. The number of hydrogen-bond donors (Lipinski definition) is 2. The van der Waals surface area contributed by atoms with Crippen LogP contribution in [0.15, 0.2) is 47.4 Å². The van der Waals surface area contributed by atoms with Crippen molar-refractivity contribution in [2.45, 2.75) is 95.3 Å². The monoisotopic (exact) mass is 661 g/mol. The molecule has 2 aromatic carbocycles. The summed E-state index contributed by atoms with van der Waals surface area (Å²) >= 11 is 0. The van der Waals surface area contributed by atoms with Crippen LogP contribution in [0.2, 0.25) is 0 Å². The van der Waals surface area contributed by atoms with Crippen LogP contribution >= 0.6 is 0 Å². The van der Waals surface area contributed by atoms with E-state index in [2.05, 4.69) is 23.6 Å². The number of carbonyl (C=O) groups excluding carboxylic acids is 1. The fraction of sp³-hybridized carbons (Fsp3) is 0.629. The fourth-order valence-electron chi connectivity index (χ4n) is 6.47. The number of likely N-dealkylation sites (N-methyl/N-ethyl adjacent to an activating group) is 1. The first-order valence-corrected chi connectivity index (χ1v) is 18.3. The molecule has 0 bridgehead atoms. The molecule has 1 saturated carbocycles. The van der Waals surface area contributed by atoms with Crippen molar-refractivity contribution in [1.82, 2.24) is 9.80 Å². The van der Waals surface area contributed by atoms with Crippen LogP contribution in [0.3, 0.4) is 0 Å². The van der Waals surface area contributed by atoms with Gasteiger partial charge in [-0.3, -0.25) is 9.52 Å². The molecule has 11 heteroatoms. The van der Waals surface area contributed by atoms with Crippen LogP contribution in [0, 0.1) is 17.7 Å². The van der Waals surface area contributed by atoms with Crippen LogP contribution in [-0.4, -0.2) is 87.4 Å². The van der Waals surface area contributed by atoms with E-state index in [1.54, 1.807) is 24.0 Å². The Bertz CT molecular complexity index is 1370. The molecular weight excluding hydrogens is 609 g/mol. The van der Waals surface area contributed by atoms with Crippen LogP contribution in [-0.2, 0) is 14.8 Å². The predicted octanol–water partition coefficient (Wildman–Crippen LogP) is 5.93. The van der Waals surface area contributed by atoms with Gasteiger partial charge < -0.3 is 24.4 Å². The first-order valence-electron chi connectivity index (χ1n) is 16.8. The lowest BCUT2D eigenvalue weighted by Crippen LogP contribution is -2.47. The van der Waals surface area contributed by atoms with Crippen LogP contribution in [0.1, 0.15) is 82.5 Å². The van der Waals surface area contributed by atoms with E-state index < -0.39 is 21.9 Å². The molecule has 0 radical (unpaired) electrons. The number of halogens is 1. The SMILES string of the molecule is C[C@@H]1CCCCO[C@@H](CN(C)CC2CCCCC2)[C@@H](C)CN([C@@H](C)CO)C(=O)c2cc(NS(=O)(=O)c3ccc(F)cc3)ccc2O1. The summed E-state index contributed by atoms with van der Waals surface area (Å²) in [5, 5.41) is 10.2. The van der Waals surface area contributed by atoms with Crippen molar-refractivity contribution < 1.29 is 32.2 Å². The number of aliphatic hydroxyl groups is 1. The lowest BCUT2D eigenvalue weighted by atomic mass is 9.89. The number of carbonyl (C=O) groups is 1. The molecular formula is C35H52FN3O6S. The third kappa shape index (κ3) is 10.1. The Morgan fingerprint density at radius 2 is 1.72 bits per heavy atom. The Kier molecular flexibility index (Phi) is 13.3. The molecule has 1 amide bonds. The summed E-state index contributed by atoms with van der Waals surface area (Å²) in [5.41, 5.74) is 0.367. The van der Waals surface area contributed by atoms with E-state index in [1.165, 1.54) is 50.3 Å². The van der Waals surface area contributed by atoms with Crippen LogP contribution in [0.5, 0.6) is 5.75 Å². The van der Waals surface area contributed by atoms with Crippen LogP contribution < -0.4 is 9.46 Å². The van der Waals surface area contributed by atoms with Gasteiger partial charge in [0, 0.05) is 37.8 Å². The zero-order valence-electron chi connectivity index (χ0n) is 27.8. The lowest BCUT2D eigenvalue weighted by Gasteiger charge is -2.36. The predicted molar refractivity (Wildman–Crippen MR) is 178 cm³/mol. The Hall–Kier alpha value is -2.73. The van der Waals surface area contributed by atoms with Gasteiger partial charge in [-0.2, -0.15) is 0 Å². The number of ether oxygens (including phenoxy) is 2. The molecule has 0 saturated heterocycles. The molecule has 1 aliphatic carbocycles. The average Bonchev–Trinajstić information content (AvgIpc) is 3.03. The number of amides is 1. The second-order valence-electron chi connectivity index (χ2n) is 13.3. The summed E-state index contributed by atoms with van der Waals surface area (Å²) < 4.78 is 54.9. The first-order chi connectivity index (χ1) is 22.0. The Balaban J connectivity index is 1.62. The molecule has 0 spiro atoms. The van der Waals surface area contributed by atoms with Gasteiger partial charge in [0.2, 0.25) is 0 Å². The lowest BCUT2D eigenvalue weighted by molar-refractivity contribution is -0.0190. The largest absolute Gasteiger partial charge is 0.490 e. The first kappa shape index (κ1) is 36.1. The van der Waals surface area contributed by atoms with Crippen LogP contribution in [0.25, 0.3) is 0 Å². The van der Waals surface area contributed by atoms with Gasteiger partial charge in [-0.25, -0.2) is 12.8 Å². The van der Waals surface area contributed by atoms with Gasteiger partial charge in [-0.15, -0.1) is 0 Å². The molecule has 4 atom stereocenters. The molecule has 1 aliphatic heterocycles. The number of sulfonamides is 1. The van der Waals surface area contributed by atoms with E-state index in [4.69, 9.17) is 9.47 Å². The molecule has 1 fully saturated rings. The summed E-state index contributed by atoms with van der Waals surface area (Å²) in [6.45, 7) is 8.32. The Morgan fingerprint density at radius 1 is 1.02 bits per heavy atom. The van der Waals surface area contributed by atoms with Crippen LogP contribution in [0.4, 0.5) is 10.1 Å². The van der Waals surface area contributed by atoms with Gasteiger partial charge in [-0.05, 0) is 101 Å². The zero-order valence-corrected chi connectivity index (χ0v) is 28.6. The molecule has 2 N–H and O–H groups in total. The summed E-state index contributed by atoms with van der Waals surface area (Å²) in [4.78, 5) is 18.2. The van der Waals surface area contributed by atoms with E-state index in [0.29, 0.717) is 24.8 Å². The van der Waals surface area contributed by atoms with Gasteiger partial charge in [0.1, 0.15) is 11.6 Å². The summed E-state index contributed by atoms with van der Waals surface area (Å²) in [6, 6.07) is 8.66. The molecule has 46 heavy (non-hydrogen) atoms. The third-order valence-corrected chi connectivity index (χ3v) is 10.6. The highest BCUT2D eigenvalue weighted by Gasteiger charge is 2.31. The second kappa shape index (κ2) is 16.9. The van der Waals surface area contributed by atoms with Gasteiger partial charge >= 0.3 is 0 Å². The highest BCUT2D eigenvalue weighted by Crippen LogP contribution is 2.30. The van der Waals surface area contributed by atoms with Crippen molar-refractivity contribution in [3.63, 3.8) is 0 Å². The standard InChI is InChI=1S/C35H52FN3O6S/c1-25-21-39(26(2)24-40)35(41)32-20-30(37-46(42,43)31-16-13-29(36)14-17-31)15-18-33(32)45-27(3)10-8-9-19-44-34(25)23-38(4)22-28-11-6-5-7-12-28/h13-18,20,25-28,34,37,40H,5-12,19,21-24H2,1-4H3/t25-,26-,27+,34-/m0/s1. The van der Waals surface area contributed by atoms with E-state index >= 15 is 0 Å². The van der Waals surface area contributed by atoms with Crippen molar-refractivity contribution >= 4 is 21.6 Å². The molecule has 2 aliphatic rings. The number of aliphatic hydroxyl groups excluding tert-OH is 1. The highest BCUT2D eigenvalue weighted by molar-refractivity contribution is 7.92. The van der Waals surface area contributed by atoms with E-state index in [0.717, 1.165) is 44.5 Å². The quantitative estimate of drug-likeness (QED) is 0.343. The average molecular weight is 662 g/mol.